The van der Waals surface area contributed by atoms with E-state index in [4.69, 9.17) is 0 Å². The minimum absolute atomic E-state index is 0.257. The van der Waals surface area contributed by atoms with Crippen LogP contribution in [0.5, 0.6) is 0 Å². The summed E-state index contributed by atoms with van der Waals surface area (Å²) in [7, 11) is 0. The third-order valence-corrected chi connectivity index (χ3v) is 4.66. The molecule has 0 bridgehead atoms. The molecule has 0 aliphatic carbocycles. The molecule has 2 aromatic rings. The maximum atomic E-state index is 13.6. The largest absolute Gasteiger partial charge is 0.351 e. The maximum Gasteiger partial charge on any atom is 0.257 e. The molecule has 1 aromatic heterocycles. The molecule has 20 heavy (non-hydrogen) atoms. The highest BCUT2D eigenvalue weighted by Gasteiger charge is 2.17. The van der Waals surface area contributed by atoms with Gasteiger partial charge in [-0.2, -0.15) is 0 Å². The van der Waals surface area contributed by atoms with E-state index in [-0.39, 0.29) is 4.47 Å². The number of hydrogen-bond acceptors (Lipinski definition) is 2. The van der Waals surface area contributed by atoms with Gasteiger partial charge in [0.2, 0.25) is 0 Å². The predicted octanol–water partition coefficient (Wildman–Crippen LogP) is 4.52. The normalized spacial score (nSPS) is 10.6. The summed E-state index contributed by atoms with van der Waals surface area (Å²) in [6, 6.07) is 5.97. The lowest BCUT2D eigenvalue weighted by Crippen LogP contribution is -2.27. The topological polar surface area (TPSA) is 29.1 Å². The van der Waals surface area contributed by atoms with Crippen LogP contribution in [0, 0.1) is 11.6 Å². The quantitative estimate of drug-likeness (QED) is 0.767. The van der Waals surface area contributed by atoms with Crippen molar-refractivity contribution >= 4 is 49.1 Å². The number of benzene rings is 1. The van der Waals surface area contributed by atoms with E-state index in [0.29, 0.717) is 13.0 Å². The van der Waals surface area contributed by atoms with E-state index in [1.807, 2.05) is 12.1 Å². The van der Waals surface area contributed by atoms with Gasteiger partial charge >= 0.3 is 0 Å². The van der Waals surface area contributed by atoms with E-state index in [9.17, 15) is 13.6 Å². The first-order chi connectivity index (χ1) is 9.47. The number of carbonyl (C=O) groups excluding carboxylic acids is 1. The summed E-state index contributed by atoms with van der Waals surface area (Å²) in [6.07, 6.45) is 0.613. The molecule has 1 amide bonds. The zero-order valence-corrected chi connectivity index (χ0v) is 14.0. The molecular formula is C13H9Br2F2NOS. The molecule has 0 spiro atoms. The van der Waals surface area contributed by atoms with Crippen LogP contribution in [0.1, 0.15) is 15.2 Å². The fourth-order valence-corrected chi connectivity index (χ4v) is 3.52. The second-order valence-electron chi connectivity index (χ2n) is 3.96. The van der Waals surface area contributed by atoms with Gasteiger partial charge in [0, 0.05) is 15.9 Å². The third kappa shape index (κ3) is 3.86. The monoisotopic (exact) mass is 423 g/mol. The summed E-state index contributed by atoms with van der Waals surface area (Å²) >= 11 is 7.86. The Morgan fingerprint density at radius 2 is 1.85 bits per heavy atom. The Kier molecular flexibility index (Phi) is 5.29. The second-order valence-corrected chi connectivity index (χ2v) is 7.42. The molecule has 2 rings (SSSR count). The first-order valence-electron chi connectivity index (χ1n) is 5.64. The van der Waals surface area contributed by atoms with Crippen molar-refractivity contribution in [2.24, 2.45) is 0 Å². The van der Waals surface area contributed by atoms with Crippen LogP contribution < -0.4 is 5.32 Å². The van der Waals surface area contributed by atoms with E-state index >= 15 is 0 Å². The average Bonchev–Trinajstić information content (AvgIpc) is 2.73. The Labute approximate surface area is 135 Å². The summed E-state index contributed by atoms with van der Waals surface area (Å²) in [5.41, 5.74) is -0.555. The Morgan fingerprint density at radius 1 is 1.20 bits per heavy atom. The van der Waals surface area contributed by atoms with Crippen molar-refractivity contribution in [3.8, 4) is 0 Å². The zero-order valence-electron chi connectivity index (χ0n) is 10.1. The lowest BCUT2D eigenvalue weighted by molar-refractivity contribution is 0.0945. The number of thiophene rings is 1. The molecule has 0 saturated heterocycles. The first kappa shape index (κ1) is 15.6. The van der Waals surface area contributed by atoms with Gasteiger partial charge in [0.1, 0.15) is 17.2 Å². The molecule has 0 aliphatic heterocycles. The van der Waals surface area contributed by atoms with Gasteiger partial charge in [-0.05, 0) is 46.6 Å². The molecule has 2 nitrogen and oxygen atoms in total. The Bertz CT molecular complexity index is 622. The number of rotatable bonds is 4. The van der Waals surface area contributed by atoms with Gasteiger partial charge in [-0.3, -0.25) is 4.79 Å². The second kappa shape index (κ2) is 6.78. The molecule has 1 N–H and O–H groups in total. The molecule has 1 aromatic carbocycles. The summed E-state index contributed by atoms with van der Waals surface area (Å²) < 4.78 is 28.4. The Morgan fingerprint density at radius 3 is 2.40 bits per heavy atom. The van der Waals surface area contributed by atoms with Crippen molar-refractivity contribution < 1.29 is 13.6 Å². The standard InChI is InChI=1S/C13H9Br2F2NOS/c14-7-5-9(16)12(10(17)6-7)13(19)18-4-3-8-1-2-11(15)20-8/h1-2,5-6H,3-4H2,(H,18,19). The van der Waals surface area contributed by atoms with Crippen LogP contribution in [-0.4, -0.2) is 12.5 Å². The van der Waals surface area contributed by atoms with Crippen molar-refractivity contribution in [2.75, 3.05) is 6.54 Å². The number of nitrogens with one attached hydrogen (secondary N) is 1. The van der Waals surface area contributed by atoms with Crippen LogP contribution in [0.2, 0.25) is 0 Å². The van der Waals surface area contributed by atoms with E-state index in [2.05, 4.69) is 37.2 Å². The molecule has 0 saturated carbocycles. The Balaban J connectivity index is 1.98. The molecule has 0 fully saturated rings. The molecular weight excluding hydrogens is 416 g/mol. The molecule has 0 radical (unpaired) electrons. The molecule has 0 aliphatic rings. The van der Waals surface area contributed by atoms with Gasteiger partial charge in [0.05, 0.1) is 3.79 Å². The summed E-state index contributed by atoms with van der Waals surface area (Å²) in [5.74, 6) is -2.51. The number of amides is 1. The van der Waals surface area contributed by atoms with Gasteiger partial charge in [0.15, 0.2) is 0 Å². The van der Waals surface area contributed by atoms with Crippen molar-refractivity contribution in [2.45, 2.75) is 6.42 Å². The van der Waals surface area contributed by atoms with Gasteiger partial charge < -0.3 is 5.32 Å². The van der Waals surface area contributed by atoms with Crippen molar-refractivity contribution in [1.82, 2.24) is 5.32 Å². The fourth-order valence-electron chi connectivity index (χ4n) is 1.63. The van der Waals surface area contributed by atoms with Gasteiger partial charge in [0.25, 0.3) is 5.91 Å². The number of carbonyl (C=O) groups is 1. The summed E-state index contributed by atoms with van der Waals surface area (Å²) in [4.78, 5) is 12.9. The van der Waals surface area contributed by atoms with Crippen molar-refractivity contribution in [3.63, 3.8) is 0 Å². The lowest BCUT2D eigenvalue weighted by Gasteiger charge is -2.07. The van der Waals surface area contributed by atoms with E-state index in [1.165, 1.54) is 0 Å². The van der Waals surface area contributed by atoms with Crippen LogP contribution in [0.4, 0.5) is 8.78 Å². The Hall–Kier alpha value is -0.790. The van der Waals surface area contributed by atoms with E-state index in [1.54, 1.807) is 11.3 Å². The molecule has 106 valence electrons. The van der Waals surface area contributed by atoms with Crippen molar-refractivity contribution in [3.05, 3.63) is 54.6 Å². The highest BCUT2D eigenvalue weighted by atomic mass is 79.9. The molecule has 7 heteroatoms. The smallest absolute Gasteiger partial charge is 0.257 e. The summed E-state index contributed by atoms with van der Waals surface area (Å²) in [5, 5.41) is 2.51. The first-order valence-corrected chi connectivity index (χ1v) is 8.04. The van der Waals surface area contributed by atoms with E-state index < -0.39 is 23.1 Å². The highest BCUT2D eigenvalue weighted by Crippen LogP contribution is 2.22. The SMILES string of the molecule is O=C(NCCc1ccc(Br)s1)c1c(F)cc(Br)cc1F. The van der Waals surface area contributed by atoms with Crippen LogP contribution in [-0.2, 0) is 6.42 Å². The van der Waals surface area contributed by atoms with Crippen LogP contribution in [0.15, 0.2) is 32.5 Å². The van der Waals surface area contributed by atoms with Crippen molar-refractivity contribution in [1.29, 1.82) is 0 Å². The predicted molar refractivity (Wildman–Crippen MR) is 82.1 cm³/mol. The third-order valence-electron chi connectivity index (χ3n) is 2.52. The van der Waals surface area contributed by atoms with Gasteiger partial charge in [-0.15, -0.1) is 11.3 Å². The minimum atomic E-state index is -0.881. The van der Waals surface area contributed by atoms with E-state index in [0.717, 1.165) is 20.8 Å². The van der Waals surface area contributed by atoms with Gasteiger partial charge in [-0.25, -0.2) is 8.78 Å². The lowest BCUT2D eigenvalue weighted by atomic mass is 10.2. The average molecular weight is 425 g/mol. The highest BCUT2D eigenvalue weighted by molar-refractivity contribution is 9.11. The molecule has 0 atom stereocenters. The molecule has 0 unspecified atom stereocenters. The number of hydrogen-bond donors (Lipinski definition) is 1. The maximum absolute atomic E-state index is 13.6. The van der Waals surface area contributed by atoms with Crippen LogP contribution >= 0.6 is 43.2 Å². The van der Waals surface area contributed by atoms with Crippen LogP contribution in [0.25, 0.3) is 0 Å². The summed E-state index contributed by atoms with van der Waals surface area (Å²) in [6.45, 7) is 0.320. The van der Waals surface area contributed by atoms with Gasteiger partial charge in [-0.1, -0.05) is 15.9 Å². The zero-order chi connectivity index (χ0) is 14.7. The fraction of sp³-hybridized carbons (Fsp3) is 0.154. The van der Waals surface area contributed by atoms with Crippen LogP contribution in [0.3, 0.4) is 0 Å². The minimum Gasteiger partial charge on any atom is -0.351 e. The number of halogens is 4. The molecule has 1 heterocycles.